The van der Waals surface area contributed by atoms with E-state index in [1.807, 2.05) is 0 Å². The van der Waals surface area contributed by atoms with Gasteiger partial charge in [0.1, 0.15) is 11.6 Å². The topological polar surface area (TPSA) is 55.1 Å². The minimum atomic E-state index is -0.765. The molecule has 5 heteroatoms. The van der Waals surface area contributed by atoms with Gasteiger partial charge in [-0.15, -0.1) is 0 Å². The van der Waals surface area contributed by atoms with Gasteiger partial charge in [-0.3, -0.25) is 4.79 Å². The van der Waals surface area contributed by atoms with Crippen LogP contribution >= 0.6 is 0 Å². The molecule has 1 aromatic carbocycles. The maximum Gasteiger partial charge on any atom is 0.224 e. The second-order valence-corrected chi connectivity index (χ2v) is 4.73. The second-order valence-electron chi connectivity index (χ2n) is 4.73. The quantitative estimate of drug-likeness (QED) is 0.870. The van der Waals surface area contributed by atoms with E-state index in [4.69, 9.17) is 5.73 Å². The number of carbonyl (C=O) groups is 1. The molecular formula is C13H16F2N2O. The predicted octanol–water partition coefficient (Wildman–Crippen LogP) is 2.42. The summed E-state index contributed by atoms with van der Waals surface area (Å²) in [6, 6.07) is 3.13. The van der Waals surface area contributed by atoms with Gasteiger partial charge in [0.05, 0.1) is 5.69 Å². The summed E-state index contributed by atoms with van der Waals surface area (Å²) < 4.78 is 26.0. The second kappa shape index (κ2) is 5.44. The van der Waals surface area contributed by atoms with E-state index < -0.39 is 11.6 Å². The van der Waals surface area contributed by atoms with Crippen LogP contribution in [0.25, 0.3) is 0 Å². The molecule has 98 valence electrons. The minimum Gasteiger partial charge on any atom is -0.327 e. The van der Waals surface area contributed by atoms with Gasteiger partial charge < -0.3 is 11.1 Å². The first-order chi connectivity index (χ1) is 8.56. The van der Waals surface area contributed by atoms with Crippen molar-refractivity contribution in [2.75, 3.05) is 5.32 Å². The lowest BCUT2D eigenvalue weighted by Gasteiger charge is -2.14. The van der Waals surface area contributed by atoms with E-state index in [1.54, 1.807) is 0 Å². The van der Waals surface area contributed by atoms with Crippen molar-refractivity contribution < 1.29 is 13.6 Å². The van der Waals surface area contributed by atoms with Gasteiger partial charge in [-0.1, -0.05) is 6.42 Å². The van der Waals surface area contributed by atoms with E-state index in [0.717, 1.165) is 31.4 Å². The van der Waals surface area contributed by atoms with Gasteiger partial charge in [-0.25, -0.2) is 8.78 Å². The smallest absolute Gasteiger partial charge is 0.224 e. The molecule has 1 aliphatic rings. The number of halogens is 2. The molecular weight excluding hydrogens is 238 g/mol. The summed E-state index contributed by atoms with van der Waals surface area (Å²) >= 11 is 0. The van der Waals surface area contributed by atoms with Gasteiger partial charge in [-0.05, 0) is 30.9 Å². The van der Waals surface area contributed by atoms with Gasteiger partial charge in [-0.2, -0.15) is 0 Å². The van der Waals surface area contributed by atoms with E-state index in [2.05, 4.69) is 5.32 Å². The van der Waals surface area contributed by atoms with E-state index in [0.29, 0.717) is 0 Å². The molecule has 0 aromatic heterocycles. The molecule has 1 aromatic rings. The Morgan fingerprint density at radius 1 is 1.39 bits per heavy atom. The monoisotopic (exact) mass is 254 g/mol. The fourth-order valence-corrected chi connectivity index (χ4v) is 2.35. The Hall–Kier alpha value is -1.49. The summed E-state index contributed by atoms with van der Waals surface area (Å²) in [5.41, 5.74) is 5.87. The Labute approximate surface area is 104 Å². The molecule has 0 bridgehead atoms. The number of benzene rings is 1. The number of anilines is 1. The SMILES string of the molecule is N[C@@H]1CCC[C@H]1CC(=O)Nc1ccc(F)cc1F. The lowest BCUT2D eigenvalue weighted by molar-refractivity contribution is -0.117. The van der Waals surface area contributed by atoms with Crippen LogP contribution in [0.4, 0.5) is 14.5 Å². The molecule has 2 atom stereocenters. The molecule has 1 fully saturated rings. The number of hydrogen-bond donors (Lipinski definition) is 2. The normalized spacial score (nSPS) is 23.1. The first kappa shape index (κ1) is 13.0. The van der Waals surface area contributed by atoms with Gasteiger partial charge in [0.15, 0.2) is 0 Å². The Balaban J connectivity index is 1.94. The van der Waals surface area contributed by atoms with Gasteiger partial charge in [0, 0.05) is 18.5 Å². The third kappa shape index (κ3) is 3.04. The Kier molecular flexibility index (Phi) is 3.91. The summed E-state index contributed by atoms with van der Waals surface area (Å²) in [4.78, 5) is 11.7. The van der Waals surface area contributed by atoms with Crippen LogP contribution in [-0.4, -0.2) is 11.9 Å². The number of carbonyl (C=O) groups excluding carboxylic acids is 1. The van der Waals surface area contributed by atoms with E-state index in [1.165, 1.54) is 6.07 Å². The minimum absolute atomic E-state index is 0.00738. The third-order valence-corrected chi connectivity index (χ3v) is 3.37. The number of rotatable bonds is 3. The van der Waals surface area contributed by atoms with Crippen molar-refractivity contribution in [3.63, 3.8) is 0 Å². The molecule has 3 N–H and O–H groups in total. The van der Waals surface area contributed by atoms with Crippen LogP contribution in [0.1, 0.15) is 25.7 Å². The van der Waals surface area contributed by atoms with E-state index >= 15 is 0 Å². The van der Waals surface area contributed by atoms with Crippen LogP contribution in [0.2, 0.25) is 0 Å². The highest BCUT2D eigenvalue weighted by Gasteiger charge is 2.26. The maximum absolute atomic E-state index is 13.3. The average Bonchev–Trinajstić information content (AvgIpc) is 2.69. The molecule has 18 heavy (non-hydrogen) atoms. The van der Waals surface area contributed by atoms with Crippen molar-refractivity contribution in [3.8, 4) is 0 Å². The summed E-state index contributed by atoms with van der Waals surface area (Å²) in [7, 11) is 0. The first-order valence-electron chi connectivity index (χ1n) is 6.07. The largest absolute Gasteiger partial charge is 0.327 e. The third-order valence-electron chi connectivity index (χ3n) is 3.37. The van der Waals surface area contributed by atoms with Gasteiger partial charge >= 0.3 is 0 Å². The van der Waals surface area contributed by atoms with Crippen molar-refractivity contribution in [3.05, 3.63) is 29.8 Å². The van der Waals surface area contributed by atoms with E-state index in [-0.39, 0.29) is 30.0 Å². The van der Waals surface area contributed by atoms with Gasteiger partial charge in [0.25, 0.3) is 0 Å². The molecule has 0 unspecified atom stereocenters. The van der Waals surface area contributed by atoms with Crippen molar-refractivity contribution >= 4 is 11.6 Å². The fourth-order valence-electron chi connectivity index (χ4n) is 2.35. The van der Waals surface area contributed by atoms with Crippen molar-refractivity contribution in [2.45, 2.75) is 31.7 Å². The van der Waals surface area contributed by atoms with Gasteiger partial charge in [0.2, 0.25) is 5.91 Å². The Morgan fingerprint density at radius 2 is 2.17 bits per heavy atom. The molecule has 3 nitrogen and oxygen atoms in total. The summed E-state index contributed by atoms with van der Waals surface area (Å²) in [6.45, 7) is 0. The predicted molar refractivity (Wildman–Crippen MR) is 64.9 cm³/mol. The lowest BCUT2D eigenvalue weighted by atomic mass is 10.00. The lowest BCUT2D eigenvalue weighted by Crippen LogP contribution is -2.28. The molecule has 0 aliphatic heterocycles. The number of hydrogen-bond acceptors (Lipinski definition) is 2. The highest BCUT2D eigenvalue weighted by molar-refractivity contribution is 5.91. The molecule has 0 heterocycles. The summed E-state index contributed by atoms with van der Waals surface area (Å²) in [5, 5.41) is 2.45. The van der Waals surface area contributed by atoms with Crippen molar-refractivity contribution in [2.24, 2.45) is 11.7 Å². The average molecular weight is 254 g/mol. The van der Waals surface area contributed by atoms with Crippen LogP contribution in [0.3, 0.4) is 0 Å². The maximum atomic E-state index is 13.3. The first-order valence-corrected chi connectivity index (χ1v) is 6.07. The zero-order valence-electron chi connectivity index (χ0n) is 9.96. The van der Waals surface area contributed by atoms with E-state index in [9.17, 15) is 13.6 Å². The zero-order valence-corrected chi connectivity index (χ0v) is 9.96. The highest BCUT2D eigenvalue weighted by Crippen LogP contribution is 2.27. The number of amides is 1. The van der Waals surface area contributed by atoms with Crippen molar-refractivity contribution in [1.29, 1.82) is 0 Å². The van der Waals surface area contributed by atoms with Crippen LogP contribution in [-0.2, 0) is 4.79 Å². The van der Waals surface area contributed by atoms with Crippen LogP contribution < -0.4 is 11.1 Å². The Bertz CT molecular complexity index is 451. The van der Waals surface area contributed by atoms with Crippen LogP contribution in [0.15, 0.2) is 18.2 Å². The highest BCUT2D eigenvalue weighted by atomic mass is 19.1. The van der Waals surface area contributed by atoms with Crippen molar-refractivity contribution in [1.82, 2.24) is 0 Å². The van der Waals surface area contributed by atoms with Crippen LogP contribution in [0.5, 0.6) is 0 Å². The number of nitrogens with one attached hydrogen (secondary N) is 1. The standard InChI is InChI=1S/C13H16F2N2O/c14-9-4-5-12(10(15)7-9)17-13(18)6-8-2-1-3-11(8)16/h4-5,7-8,11H,1-3,6,16H2,(H,17,18)/t8-,11+/m0/s1. The molecule has 2 rings (SSSR count). The fraction of sp³-hybridized carbons (Fsp3) is 0.462. The zero-order chi connectivity index (χ0) is 13.1. The summed E-state index contributed by atoms with van der Waals surface area (Å²) in [5.74, 6) is -1.54. The van der Waals surface area contributed by atoms with Crippen LogP contribution in [0, 0.1) is 17.6 Å². The molecule has 0 spiro atoms. The molecule has 1 amide bonds. The molecule has 0 radical (unpaired) electrons. The Morgan fingerprint density at radius 3 is 2.78 bits per heavy atom. The molecule has 0 saturated heterocycles. The summed E-state index contributed by atoms with van der Waals surface area (Å²) in [6.07, 6.45) is 3.19. The number of nitrogens with two attached hydrogens (primary N) is 1. The molecule has 1 saturated carbocycles. The molecule has 1 aliphatic carbocycles.